The largest absolute Gasteiger partial charge is 0.465 e. The molecule has 110 valence electrons. The lowest BCUT2D eigenvalue weighted by Gasteiger charge is -2.20. The number of amides is 1. The first-order chi connectivity index (χ1) is 9.26. The third-order valence-electron chi connectivity index (χ3n) is 2.67. The highest BCUT2D eigenvalue weighted by atomic mass is 19.4. The Morgan fingerprint density at radius 2 is 1.85 bits per heavy atom. The van der Waals surface area contributed by atoms with E-state index < -0.39 is 30.9 Å². The van der Waals surface area contributed by atoms with Crippen molar-refractivity contribution in [2.24, 2.45) is 0 Å². The summed E-state index contributed by atoms with van der Waals surface area (Å²) in [7, 11) is 2.51. The van der Waals surface area contributed by atoms with Crippen LogP contribution in [0, 0.1) is 0 Å². The number of methoxy groups -OCH3 is 1. The van der Waals surface area contributed by atoms with Crippen molar-refractivity contribution in [1.82, 2.24) is 0 Å². The molecular formula is C13H14F3NO3. The van der Waals surface area contributed by atoms with Crippen LogP contribution in [0.2, 0.25) is 0 Å². The van der Waals surface area contributed by atoms with Crippen LogP contribution >= 0.6 is 0 Å². The van der Waals surface area contributed by atoms with Crippen LogP contribution in [0.5, 0.6) is 0 Å². The van der Waals surface area contributed by atoms with Crippen molar-refractivity contribution < 1.29 is 27.5 Å². The first-order valence-corrected chi connectivity index (χ1v) is 5.77. The van der Waals surface area contributed by atoms with Gasteiger partial charge in [-0.2, -0.15) is 13.2 Å². The van der Waals surface area contributed by atoms with E-state index in [0.29, 0.717) is 0 Å². The van der Waals surface area contributed by atoms with Crippen molar-refractivity contribution in [3.63, 3.8) is 0 Å². The summed E-state index contributed by atoms with van der Waals surface area (Å²) in [6, 6.07) is 6.06. The first kappa shape index (κ1) is 16.0. The van der Waals surface area contributed by atoms with Crippen LogP contribution in [0.1, 0.15) is 23.2 Å². The maximum Gasteiger partial charge on any atom is 0.389 e. The van der Waals surface area contributed by atoms with Gasteiger partial charge in [0.2, 0.25) is 5.91 Å². The number of nitrogens with zero attached hydrogens (tertiary/aromatic N) is 1. The van der Waals surface area contributed by atoms with Gasteiger partial charge >= 0.3 is 12.1 Å². The van der Waals surface area contributed by atoms with Crippen molar-refractivity contribution >= 4 is 17.6 Å². The minimum absolute atomic E-state index is 0.123. The highest BCUT2D eigenvalue weighted by Gasteiger charge is 2.29. The zero-order valence-corrected chi connectivity index (χ0v) is 11.0. The number of carbonyl (C=O) groups is 2. The van der Waals surface area contributed by atoms with Crippen LogP contribution in [0.15, 0.2) is 24.3 Å². The number of ether oxygens (including phenoxy) is 1. The minimum atomic E-state index is -4.39. The number of carbonyl (C=O) groups excluding carboxylic acids is 2. The minimum Gasteiger partial charge on any atom is -0.465 e. The number of alkyl halides is 3. The summed E-state index contributed by atoms with van der Waals surface area (Å²) < 4.78 is 40.9. The number of rotatable bonds is 4. The highest BCUT2D eigenvalue weighted by Crippen LogP contribution is 2.24. The molecular weight excluding hydrogens is 275 g/mol. The van der Waals surface area contributed by atoms with Gasteiger partial charge in [-0.05, 0) is 12.1 Å². The molecule has 0 saturated heterocycles. The average Bonchev–Trinajstić information content (AvgIpc) is 2.42. The molecule has 7 heteroatoms. The lowest BCUT2D eigenvalue weighted by atomic mass is 10.1. The maximum absolute atomic E-state index is 12.1. The molecule has 0 bridgehead atoms. The number of benzene rings is 1. The molecule has 20 heavy (non-hydrogen) atoms. The molecule has 0 aromatic heterocycles. The molecule has 1 aromatic rings. The molecule has 0 spiro atoms. The van der Waals surface area contributed by atoms with Crippen LogP contribution < -0.4 is 4.90 Å². The third-order valence-corrected chi connectivity index (χ3v) is 2.67. The molecule has 0 atom stereocenters. The Balaban J connectivity index is 2.89. The van der Waals surface area contributed by atoms with Gasteiger partial charge < -0.3 is 9.64 Å². The lowest BCUT2D eigenvalue weighted by molar-refractivity contribution is -0.142. The Morgan fingerprint density at radius 3 is 2.40 bits per heavy atom. The van der Waals surface area contributed by atoms with Crippen LogP contribution in [-0.4, -0.2) is 32.2 Å². The van der Waals surface area contributed by atoms with Crippen molar-refractivity contribution in [1.29, 1.82) is 0 Å². The number of esters is 1. The SMILES string of the molecule is COC(=O)c1ccccc1N(C)C(=O)CCC(F)(F)F. The molecule has 4 nitrogen and oxygen atoms in total. The second kappa shape index (κ2) is 6.40. The number of anilines is 1. The smallest absolute Gasteiger partial charge is 0.389 e. The second-order valence-electron chi connectivity index (χ2n) is 4.08. The summed E-state index contributed by atoms with van der Waals surface area (Å²) in [5.74, 6) is -1.38. The fraction of sp³-hybridized carbons (Fsp3) is 0.385. The van der Waals surface area contributed by atoms with Crippen molar-refractivity contribution in [3.8, 4) is 0 Å². The maximum atomic E-state index is 12.1. The van der Waals surface area contributed by atoms with E-state index in [-0.39, 0.29) is 11.3 Å². The average molecular weight is 289 g/mol. The summed E-state index contributed by atoms with van der Waals surface area (Å²) >= 11 is 0. The number of hydrogen-bond acceptors (Lipinski definition) is 3. The van der Waals surface area contributed by atoms with E-state index in [4.69, 9.17) is 0 Å². The second-order valence-corrected chi connectivity index (χ2v) is 4.08. The predicted molar refractivity (Wildman–Crippen MR) is 66.5 cm³/mol. The van der Waals surface area contributed by atoms with Crippen molar-refractivity contribution in [3.05, 3.63) is 29.8 Å². The van der Waals surface area contributed by atoms with E-state index in [1.807, 2.05) is 0 Å². The molecule has 0 fully saturated rings. The zero-order chi connectivity index (χ0) is 15.3. The normalized spacial score (nSPS) is 11.1. The Hall–Kier alpha value is -2.05. The fourth-order valence-electron chi connectivity index (χ4n) is 1.60. The molecule has 0 aliphatic heterocycles. The van der Waals surface area contributed by atoms with E-state index in [1.54, 1.807) is 12.1 Å². The Labute approximate surface area is 114 Å². The molecule has 0 aliphatic rings. The van der Waals surface area contributed by atoms with Gasteiger partial charge in [-0.25, -0.2) is 4.79 Å². The van der Waals surface area contributed by atoms with Crippen LogP contribution in [0.3, 0.4) is 0 Å². The number of hydrogen-bond donors (Lipinski definition) is 0. The summed E-state index contributed by atoms with van der Waals surface area (Å²) in [5, 5.41) is 0. The predicted octanol–water partition coefficient (Wildman–Crippen LogP) is 2.78. The molecule has 0 N–H and O–H groups in total. The molecule has 0 aliphatic carbocycles. The number of halogens is 3. The van der Waals surface area contributed by atoms with E-state index in [9.17, 15) is 22.8 Å². The Kier molecular flexibility index (Phi) is 5.12. The van der Waals surface area contributed by atoms with Crippen molar-refractivity contribution in [2.75, 3.05) is 19.1 Å². The third kappa shape index (κ3) is 4.25. The molecule has 1 amide bonds. The lowest BCUT2D eigenvalue weighted by Crippen LogP contribution is -2.29. The topological polar surface area (TPSA) is 46.6 Å². The Bertz CT molecular complexity index is 500. The summed E-state index contributed by atoms with van der Waals surface area (Å²) in [6.45, 7) is 0. The fourth-order valence-corrected chi connectivity index (χ4v) is 1.60. The van der Waals surface area contributed by atoms with Crippen LogP contribution in [-0.2, 0) is 9.53 Å². The van der Waals surface area contributed by atoms with E-state index in [0.717, 1.165) is 4.90 Å². The summed E-state index contributed by atoms with van der Waals surface area (Å²) in [5.41, 5.74) is 0.337. The molecule has 0 radical (unpaired) electrons. The van der Waals surface area contributed by atoms with Gasteiger partial charge in [-0.3, -0.25) is 4.79 Å². The Morgan fingerprint density at radius 1 is 1.25 bits per heavy atom. The standard InChI is InChI=1S/C13H14F3NO3/c1-17(11(18)7-8-13(14,15)16)10-6-4-3-5-9(10)12(19)20-2/h3-6H,7-8H2,1-2H3. The van der Waals surface area contributed by atoms with E-state index in [2.05, 4.69) is 4.74 Å². The van der Waals surface area contributed by atoms with Gasteiger partial charge in [0, 0.05) is 13.5 Å². The van der Waals surface area contributed by atoms with Gasteiger partial charge in [-0.1, -0.05) is 12.1 Å². The monoisotopic (exact) mass is 289 g/mol. The van der Waals surface area contributed by atoms with Gasteiger partial charge in [0.25, 0.3) is 0 Å². The van der Waals surface area contributed by atoms with Gasteiger partial charge in [0.15, 0.2) is 0 Å². The molecule has 1 aromatic carbocycles. The molecule has 0 heterocycles. The van der Waals surface area contributed by atoms with E-state index in [1.165, 1.54) is 26.3 Å². The van der Waals surface area contributed by atoms with Crippen LogP contribution in [0.4, 0.5) is 18.9 Å². The van der Waals surface area contributed by atoms with Gasteiger partial charge in [0.1, 0.15) is 0 Å². The zero-order valence-electron chi connectivity index (χ0n) is 11.0. The molecule has 0 saturated carbocycles. The first-order valence-electron chi connectivity index (χ1n) is 5.77. The van der Waals surface area contributed by atoms with Gasteiger partial charge in [0.05, 0.1) is 24.8 Å². The van der Waals surface area contributed by atoms with Gasteiger partial charge in [-0.15, -0.1) is 0 Å². The quantitative estimate of drug-likeness (QED) is 0.801. The van der Waals surface area contributed by atoms with Crippen LogP contribution in [0.25, 0.3) is 0 Å². The molecule has 1 rings (SSSR count). The number of para-hydroxylation sites is 1. The summed E-state index contributed by atoms with van der Waals surface area (Å²) in [4.78, 5) is 24.3. The summed E-state index contributed by atoms with van der Waals surface area (Å²) in [6.07, 6.45) is -6.26. The molecule has 0 unspecified atom stereocenters. The van der Waals surface area contributed by atoms with Crippen molar-refractivity contribution in [2.45, 2.75) is 19.0 Å². The highest BCUT2D eigenvalue weighted by molar-refractivity contribution is 6.02. The van der Waals surface area contributed by atoms with E-state index >= 15 is 0 Å².